The summed E-state index contributed by atoms with van der Waals surface area (Å²) < 4.78 is 0.823. The molecule has 100 valence electrons. The van der Waals surface area contributed by atoms with Gasteiger partial charge in [0, 0.05) is 5.56 Å². The summed E-state index contributed by atoms with van der Waals surface area (Å²) in [5, 5.41) is 0. The van der Waals surface area contributed by atoms with Crippen molar-refractivity contribution in [3.8, 4) is 11.4 Å². The van der Waals surface area contributed by atoms with Crippen LogP contribution in [0, 0.1) is 13.8 Å². The molecule has 2 rings (SSSR count). The van der Waals surface area contributed by atoms with E-state index < -0.39 is 0 Å². The van der Waals surface area contributed by atoms with E-state index in [-0.39, 0.29) is 0 Å². The highest BCUT2D eigenvalue weighted by Crippen LogP contribution is 2.28. The minimum Gasteiger partial charge on any atom is -0.383 e. The number of nitrogen functional groups attached to an aromatic ring is 1. The number of halogens is 1. The first kappa shape index (κ1) is 14.0. The molecule has 0 radical (unpaired) electrons. The van der Waals surface area contributed by atoms with E-state index >= 15 is 0 Å². The number of rotatable bonds is 3. The van der Waals surface area contributed by atoms with Gasteiger partial charge >= 0.3 is 0 Å². The smallest absolute Gasteiger partial charge is 0.162 e. The largest absolute Gasteiger partial charge is 0.383 e. The van der Waals surface area contributed by atoms with Crippen molar-refractivity contribution >= 4 is 21.7 Å². The van der Waals surface area contributed by atoms with Crippen molar-refractivity contribution in [1.82, 2.24) is 9.97 Å². The summed E-state index contributed by atoms with van der Waals surface area (Å²) in [6.45, 7) is 6.26. The van der Waals surface area contributed by atoms with E-state index in [1.165, 1.54) is 5.56 Å². The zero-order chi connectivity index (χ0) is 14.0. The number of hydrogen-bond acceptors (Lipinski definition) is 3. The van der Waals surface area contributed by atoms with Gasteiger partial charge in [-0.25, -0.2) is 9.97 Å². The summed E-state index contributed by atoms with van der Waals surface area (Å²) in [6, 6.07) is 6.29. The lowest BCUT2D eigenvalue weighted by Gasteiger charge is -2.10. The zero-order valence-electron chi connectivity index (χ0n) is 11.5. The normalized spacial score (nSPS) is 10.7. The molecule has 1 aromatic heterocycles. The molecule has 0 bridgehead atoms. The third-order valence-corrected chi connectivity index (χ3v) is 3.93. The maximum absolute atomic E-state index is 5.98. The van der Waals surface area contributed by atoms with Gasteiger partial charge in [0.15, 0.2) is 5.82 Å². The van der Waals surface area contributed by atoms with Gasteiger partial charge in [0.1, 0.15) is 5.82 Å². The Morgan fingerprint density at radius 2 is 1.95 bits per heavy atom. The standard InChI is InChI=1S/C15H18BrN3/c1-4-5-12-13(16)14(17)19-15(18-12)11-8-9(2)6-7-10(11)3/h6-8H,4-5H2,1-3H3,(H2,17,18,19). The van der Waals surface area contributed by atoms with Gasteiger partial charge in [0.25, 0.3) is 0 Å². The van der Waals surface area contributed by atoms with Crippen LogP contribution in [0.25, 0.3) is 11.4 Å². The lowest BCUT2D eigenvalue weighted by atomic mass is 10.0. The lowest BCUT2D eigenvalue weighted by molar-refractivity contribution is 0.869. The Morgan fingerprint density at radius 1 is 1.21 bits per heavy atom. The molecule has 19 heavy (non-hydrogen) atoms. The second-order valence-electron chi connectivity index (χ2n) is 4.76. The molecule has 2 aromatic rings. The van der Waals surface area contributed by atoms with Crippen LogP contribution >= 0.6 is 15.9 Å². The van der Waals surface area contributed by atoms with Crippen LogP contribution in [0.15, 0.2) is 22.7 Å². The number of nitrogens with two attached hydrogens (primary N) is 1. The number of aromatic nitrogens is 2. The van der Waals surface area contributed by atoms with E-state index in [1.54, 1.807) is 0 Å². The molecule has 4 heteroatoms. The van der Waals surface area contributed by atoms with Crippen molar-refractivity contribution in [2.24, 2.45) is 0 Å². The summed E-state index contributed by atoms with van der Waals surface area (Å²) in [5.74, 6) is 1.22. The van der Waals surface area contributed by atoms with E-state index in [0.29, 0.717) is 11.6 Å². The van der Waals surface area contributed by atoms with Crippen LogP contribution in [0.3, 0.4) is 0 Å². The quantitative estimate of drug-likeness (QED) is 0.928. The lowest BCUT2D eigenvalue weighted by Crippen LogP contribution is -2.03. The van der Waals surface area contributed by atoms with Crippen LogP contribution in [0.4, 0.5) is 5.82 Å². The molecule has 0 aliphatic carbocycles. The van der Waals surface area contributed by atoms with Crippen LogP contribution in [0.5, 0.6) is 0 Å². The van der Waals surface area contributed by atoms with E-state index in [4.69, 9.17) is 5.73 Å². The van der Waals surface area contributed by atoms with Gasteiger partial charge in [0.05, 0.1) is 10.2 Å². The molecule has 0 atom stereocenters. The van der Waals surface area contributed by atoms with Crippen molar-refractivity contribution < 1.29 is 0 Å². The molecule has 0 fully saturated rings. The van der Waals surface area contributed by atoms with Crippen molar-refractivity contribution in [3.63, 3.8) is 0 Å². The van der Waals surface area contributed by atoms with Gasteiger partial charge in [-0.05, 0) is 47.8 Å². The molecular weight excluding hydrogens is 302 g/mol. The van der Waals surface area contributed by atoms with Crippen molar-refractivity contribution in [3.05, 3.63) is 39.5 Å². The molecule has 3 nitrogen and oxygen atoms in total. The second-order valence-corrected chi connectivity index (χ2v) is 5.55. The number of anilines is 1. The zero-order valence-corrected chi connectivity index (χ0v) is 13.1. The molecule has 1 aromatic carbocycles. The van der Waals surface area contributed by atoms with Crippen LogP contribution in [0.1, 0.15) is 30.2 Å². The Kier molecular flexibility index (Phi) is 4.20. The Balaban J connectivity index is 2.59. The summed E-state index contributed by atoms with van der Waals surface area (Å²) in [4.78, 5) is 9.06. The second kappa shape index (κ2) is 5.70. The van der Waals surface area contributed by atoms with Crippen molar-refractivity contribution in [2.45, 2.75) is 33.6 Å². The van der Waals surface area contributed by atoms with E-state index in [0.717, 1.165) is 34.1 Å². The van der Waals surface area contributed by atoms with Gasteiger partial charge in [0.2, 0.25) is 0 Å². The van der Waals surface area contributed by atoms with E-state index in [1.807, 2.05) is 0 Å². The Hall–Kier alpha value is -1.42. The fourth-order valence-corrected chi connectivity index (χ4v) is 2.39. The first-order chi connectivity index (χ1) is 9.02. The minimum atomic E-state index is 0.509. The highest BCUT2D eigenvalue weighted by atomic mass is 79.9. The van der Waals surface area contributed by atoms with Crippen LogP contribution < -0.4 is 5.73 Å². The topological polar surface area (TPSA) is 51.8 Å². The van der Waals surface area contributed by atoms with Gasteiger partial charge in [-0.1, -0.05) is 31.0 Å². The van der Waals surface area contributed by atoms with Crippen LogP contribution in [-0.4, -0.2) is 9.97 Å². The van der Waals surface area contributed by atoms with E-state index in [2.05, 4.69) is 64.9 Å². The molecule has 0 aliphatic heterocycles. The Bertz CT molecular complexity index is 609. The Morgan fingerprint density at radius 3 is 2.63 bits per heavy atom. The highest BCUT2D eigenvalue weighted by molar-refractivity contribution is 9.10. The average Bonchev–Trinajstić information content (AvgIpc) is 2.38. The number of aryl methyl sites for hydroxylation is 3. The van der Waals surface area contributed by atoms with Gasteiger partial charge < -0.3 is 5.73 Å². The fourth-order valence-electron chi connectivity index (χ4n) is 2.01. The monoisotopic (exact) mass is 319 g/mol. The molecular formula is C15H18BrN3. The average molecular weight is 320 g/mol. The predicted octanol–water partition coefficient (Wildman–Crippen LogP) is 4.06. The third kappa shape index (κ3) is 2.95. The highest BCUT2D eigenvalue weighted by Gasteiger charge is 2.12. The van der Waals surface area contributed by atoms with Crippen LogP contribution in [-0.2, 0) is 6.42 Å². The van der Waals surface area contributed by atoms with Crippen molar-refractivity contribution in [2.75, 3.05) is 5.73 Å². The van der Waals surface area contributed by atoms with Crippen LogP contribution in [0.2, 0.25) is 0 Å². The summed E-state index contributed by atoms with van der Waals surface area (Å²) >= 11 is 3.47. The fraction of sp³-hybridized carbons (Fsp3) is 0.333. The molecule has 1 heterocycles. The molecule has 0 amide bonds. The molecule has 0 aliphatic rings. The molecule has 0 saturated carbocycles. The maximum atomic E-state index is 5.98. The van der Waals surface area contributed by atoms with Crippen molar-refractivity contribution in [1.29, 1.82) is 0 Å². The first-order valence-corrected chi connectivity index (χ1v) is 7.21. The molecule has 0 saturated heterocycles. The molecule has 2 N–H and O–H groups in total. The third-order valence-electron chi connectivity index (χ3n) is 3.07. The van der Waals surface area contributed by atoms with Gasteiger partial charge in [-0.2, -0.15) is 0 Å². The predicted molar refractivity (Wildman–Crippen MR) is 83.0 cm³/mol. The van der Waals surface area contributed by atoms with Gasteiger partial charge in [-0.3, -0.25) is 0 Å². The maximum Gasteiger partial charge on any atom is 0.162 e. The first-order valence-electron chi connectivity index (χ1n) is 6.42. The molecule has 0 unspecified atom stereocenters. The van der Waals surface area contributed by atoms with E-state index in [9.17, 15) is 0 Å². The Labute approximate surface area is 122 Å². The summed E-state index contributed by atoms with van der Waals surface area (Å²) in [5.41, 5.74) is 10.4. The molecule has 0 spiro atoms. The summed E-state index contributed by atoms with van der Waals surface area (Å²) in [7, 11) is 0. The number of hydrogen-bond donors (Lipinski definition) is 1. The number of nitrogens with zero attached hydrogens (tertiary/aromatic N) is 2. The number of benzene rings is 1. The summed E-state index contributed by atoms with van der Waals surface area (Å²) in [6.07, 6.45) is 1.92. The minimum absolute atomic E-state index is 0.509. The van der Waals surface area contributed by atoms with Gasteiger partial charge in [-0.15, -0.1) is 0 Å². The SMILES string of the molecule is CCCc1nc(-c2cc(C)ccc2C)nc(N)c1Br.